The van der Waals surface area contributed by atoms with Crippen LogP contribution in [0.5, 0.6) is 5.75 Å². The Morgan fingerprint density at radius 1 is 0.774 bits per heavy atom. The molecule has 0 spiro atoms. The third-order valence-electron chi connectivity index (χ3n) is 4.43. The summed E-state index contributed by atoms with van der Waals surface area (Å²) < 4.78 is 31.9. The van der Waals surface area contributed by atoms with Gasteiger partial charge in [0.2, 0.25) is 0 Å². The smallest absolute Gasteiger partial charge is 0.294 e. The largest absolute Gasteiger partial charge is 0.506 e. The Morgan fingerprint density at radius 2 is 1.45 bits per heavy atom. The number of phenols is 1. The minimum Gasteiger partial charge on any atom is -0.506 e. The van der Waals surface area contributed by atoms with Gasteiger partial charge in [0, 0.05) is 46.3 Å². The molecule has 9 heteroatoms. The van der Waals surface area contributed by atoms with E-state index in [0.29, 0.717) is 16.5 Å². The Kier molecular flexibility index (Phi) is 7.09. The van der Waals surface area contributed by atoms with Crippen molar-refractivity contribution in [3.05, 3.63) is 84.9 Å². The molecular weight excluding hydrogens is 425 g/mol. The van der Waals surface area contributed by atoms with Crippen LogP contribution in [0.2, 0.25) is 0 Å². The molecule has 0 heterocycles. The molecule has 0 aliphatic carbocycles. The zero-order valence-electron chi connectivity index (χ0n) is 16.6. The van der Waals surface area contributed by atoms with Crippen LogP contribution in [0, 0.1) is 0 Å². The van der Waals surface area contributed by atoms with Crippen molar-refractivity contribution in [2.75, 3.05) is 5.32 Å². The first kappa shape index (κ1) is 22.9. The molecule has 7 nitrogen and oxygen atoms in total. The van der Waals surface area contributed by atoms with E-state index in [1.54, 1.807) is 18.2 Å². The van der Waals surface area contributed by atoms with Gasteiger partial charge in [-0.2, -0.15) is 13.5 Å². The molecule has 0 atom stereocenters. The van der Waals surface area contributed by atoms with Crippen LogP contribution < -0.4 is 5.32 Å². The molecule has 0 aromatic heterocycles. The fourth-order valence-electron chi connectivity index (χ4n) is 2.95. The van der Waals surface area contributed by atoms with Crippen LogP contribution in [-0.4, -0.2) is 47.6 Å². The number of nitrogens with zero attached hydrogens (tertiary/aromatic N) is 2. The second kappa shape index (κ2) is 9.59. The van der Waals surface area contributed by atoms with E-state index in [2.05, 4.69) is 15.5 Å². The van der Waals surface area contributed by atoms with E-state index in [9.17, 15) is 18.1 Å². The van der Waals surface area contributed by atoms with E-state index in [1.165, 1.54) is 24.3 Å². The number of nitrogens with one attached hydrogen (secondary N) is 1. The number of benzene rings is 4. The van der Waals surface area contributed by atoms with Crippen LogP contribution in [0.4, 0.5) is 22.7 Å². The van der Waals surface area contributed by atoms with Gasteiger partial charge in [0.1, 0.15) is 11.4 Å². The summed E-state index contributed by atoms with van der Waals surface area (Å²) in [4.78, 5) is -0.231. The number of aromatic hydroxyl groups is 1. The minimum atomic E-state index is -4.32. The third kappa shape index (κ3) is 5.49. The molecule has 4 aromatic carbocycles. The maximum atomic E-state index is 11.3. The zero-order valence-corrected chi connectivity index (χ0v) is 19.4. The third-order valence-corrected chi connectivity index (χ3v) is 5.28. The fourth-order valence-corrected chi connectivity index (χ4v) is 3.47. The quantitative estimate of drug-likeness (QED) is 0.213. The molecule has 4 rings (SSSR count). The first-order valence-electron chi connectivity index (χ1n) is 8.97. The molecule has 0 unspecified atom stereocenters. The maximum absolute atomic E-state index is 11.3. The normalized spacial score (nSPS) is 11.4. The molecular formula is C22H17N3NaO4S. The average molecular weight is 442 g/mol. The first-order valence-corrected chi connectivity index (χ1v) is 10.4. The molecule has 0 saturated carbocycles. The van der Waals surface area contributed by atoms with E-state index in [-0.39, 0.29) is 45.9 Å². The summed E-state index contributed by atoms with van der Waals surface area (Å²) in [7, 11) is -4.32. The van der Waals surface area contributed by atoms with Crippen molar-refractivity contribution in [2.24, 2.45) is 10.2 Å². The van der Waals surface area contributed by atoms with Gasteiger partial charge in [0.25, 0.3) is 10.1 Å². The number of azo groups is 1. The van der Waals surface area contributed by atoms with E-state index < -0.39 is 10.1 Å². The molecule has 3 N–H and O–H groups in total. The molecule has 0 fully saturated rings. The van der Waals surface area contributed by atoms with Crippen LogP contribution in [0.1, 0.15) is 0 Å². The van der Waals surface area contributed by atoms with Gasteiger partial charge < -0.3 is 10.4 Å². The Bertz CT molecular complexity index is 1340. The molecule has 0 aliphatic rings. The topological polar surface area (TPSA) is 111 Å². The summed E-state index contributed by atoms with van der Waals surface area (Å²) in [6.07, 6.45) is 0. The number of para-hydroxylation sites is 1. The Hall–Kier alpha value is -2.75. The summed E-state index contributed by atoms with van der Waals surface area (Å²) in [6, 6.07) is 24.0. The molecule has 4 aromatic rings. The van der Waals surface area contributed by atoms with Gasteiger partial charge in [-0.25, -0.2) is 0 Å². The van der Waals surface area contributed by atoms with Crippen molar-refractivity contribution < 1.29 is 18.1 Å². The molecule has 0 aliphatic heterocycles. The summed E-state index contributed by atoms with van der Waals surface area (Å²) in [5.41, 5.74) is 2.66. The summed E-state index contributed by atoms with van der Waals surface area (Å²) in [6.45, 7) is 0. The number of rotatable bonds is 5. The number of phenolic OH excluding ortho intramolecular Hbond substituents is 1. The SMILES string of the molecule is O=S(=O)(O)c1ccc2c(N=Nc3ccc(Nc4ccccc4)cc3)c(O)ccc2c1.[Na]. The standard InChI is InChI=1S/C22H17N3O4S.Na/c26-21-13-6-15-14-19(30(27,28)29)11-12-20(15)22(21)25-24-18-9-7-17(8-10-18)23-16-4-2-1-3-5-16;/h1-14,23,26H,(H,27,28,29);. The molecule has 0 amide bonds. The Morgan fingerprint density at radius 3 is 2.13 bits per heavy atom. The van der Waals surface area contributed by atoms with Gasteiger partial charge in [-0.15, -0.1) is 5.11 Å². The Labute approximate surface area is 201 Å². The molecule has 31 heavy (non-hydrogen) atoms. The van der Waals surface area contributed by atoms with Crippen LogP contribution in [0.25, 0.3) is 10.8 Å². The van der Waals surface area contributed by atoms with Crippen molar-refractivity contribution in [1.29, 1.82) is 0 Å². The van der Waals surface area contributed by atoms with Gasteiger partial charge in [-0.3, -0.25) is 4.55 Å². The second-order valence-electron chi connectivity index (χ2n) is 6.53. The van der Waals surface area contributed by atoms with Gasteiger partial charge in [-0.05, 0) is 60.0 Å². The van der Waals surface area contributed by atoms with Crippen molar-refractivity contribution in [1.82, 2.24) is 0 Å². The van der Waals surface area contributed by atoms with Crippen molar-refractivity contribution in [3.63, 3.8) is 0 Å². The number of fused-ring (bicyclic) bond motifs is 1. The first-order chi connectivity index (χ1) is 14.4. The van der Waals surface area contributed by atoms with Gasteiger partial charge in [0.15, 0.2) is 0 Å². The van der Waals surface area contributed by atoms with Crippen LogP contribution in [0.3, 0.4) is 0 Å². The predicted octanol–water partition coefficient (Wildman–Crippen LogP) is 5.57. The van der Waals surface area contributed by atoms with E-state index in [0.717, 1.165) is 11.4 Å². The predicted molar refractivity (Wildman–Crippen MR) is 122 cm³/mol. The maximum Gasteiger partial charge on any atom is 0.294 e. The molecule has 0 saturated heterocycles. The summed E-state index contributed by atoms with van der Waals surface area (Å²) in [5.74, 6) is -0.0896. The molecule has 0 bridgehead atoms. The van der Waals surface area contributed by atoms with Gasteiger partial charge in [-0.1, -0.05) is 30.3 Å². The van der Waals surface area contributed by atoms with Crippen LogP contribution >= 0.6 is 0 Å². The summed E-state index contributed by atoms with van der Waals surface area (Å²) in [5, 5.41) is 22.8. The number of hydrogen-bond donors (Lipinski definition) is 3. The monoisotopic (exact) mass is 442 g/mol. The Balaban J connectivity index is 0.00000272. The van der Waals surface area contributed by atoms with Crippen LogP contribution in [0.15, 0.2) is 100 Å². The van der Waals surface area contributed by atoms with Crippen molar-refractivity contribution in [2.45, 2.75) is 4.90 Å². The van der Waals surface area contributed by atoms with Crippen LogP contribution in [-0.2, 0) is 10.1 Å². The fraction of sp³-hybridized carbons (Fsp3) is 0. The number of anilines is 2. The van der Waals surface area contributed by atoms with E-state index in [4.69, 9.17) is 0 Å². The average Bonchev–Trinajstić information content (AvgIpc) is 2.74. The molecule has 1 radical (unpaired) electrons. The second-order valence-corrected chi connectivity index (χ2v) is 7.95. The van der Waals surface area contributed by atoms with Gasteiger partial charge >= 0.3 is 0 Å². The van der Waals surface area contributed by atoms with Gasteiger partial charge in [0.05, 0.1) is 10.6 Å². The summed E-state index contributed by atoms with van der Waals surface area (Å²) >= 11 is 0. The molecule has 151 valence electrons. The van der Waals surface area contributed by atoms with E-state index in [1.807, 2.05) is 42.5 Å². The zero-order chi connectivity index (χ0) is 21.1. The number of hydrogen-bond acceptors (Lipinski definition) is 6. The van der Waals surface area contributed by atoms with Crippen molar-refractivity contribution in [3.8, 4) is 5.75 Å². The minimum absolute atomic E-state index is 0. The van der Waals surface area contributed by atoms with Crippen molar-refractivity contribution >= 4 is 73.2 Å². The van der Waals surface area contributed by atoms with E-state index >= 15 is 0 Å².